The minimum Gasteiger partial charge on any atom is -0.440 e. The number of furan rings is 1. The number of nitrogens with zero attached hydrogens (tertiary/aromatic N) is 1. The molecule has 6 heteroatoms. The molecule has 3 rings (SSSR count). The summed E-state index contributed by atoms with van der Waals surface area (Å²) in [6.07, 6.45) is 1.60. The van der Waals surface area contributed by atoms with E-state index in [0.717, 1.165) is 5.39 Å². The molecule has 1 saturated heterocycles. The first kappa shape index (κ1) is 9.83. The second kappa shape index (κ2) is 3.07. The minimum absolute atomic E-state index is 0.370. The second-order valence-electron chi connectivity index (χ2n) is 4.04. The largest absolute Gasteiger partial charge is 0.440 e. The van der Waals surface area contributed by atoms with Gasteiger partial charge in [0.15, 0.2) is 5.54 Å². The lowest BCUT2D eigenvalue weighted by Gasteiger charge is -2.16. The van der Waals surface area contributed by atoms with Gasteiger partial charge in [0, 0.05) is 11.6 Å². The summed E-state index contributed by atoms with van der Waals surface area (Å²) in [5, 5.41) is 5.51. The number of hydrogen-bond donors (Lipinski definition) is 2. The van der Waals surface area contributed by atoms with Crippen molar-refractivity contribution in [2.75, 3.05) is 0 Å². The van der Waals surface area contributed by atoms with E-state index in [0.29, 0.717) is 11.5 Å². The van der Waals surface area contributed by atoms with Gasteiger partial charge in [-0.05, 0) is 25.1 Å². The molecule has 2 N–H and O–H groups in total. The molecule has 86 valence electrons. The van der Waals surface area contributed by atoms with Crippen LogP contribution in [0.2, 0.25) is 0 Å². The Morgan fingerprint density at radius 2 is 2.24 bits per heavy atom. The van der Waals surface area contributed by atoms with Gasteiger partial charge in [-0.2, -0.15) is 0 Å². The molecule has 0 unspecified atom stereocenters. The molecule has 0 aliphatic carbocycles. The smallest absolute Gasteiger partial charge is 0.322 e. The molecule has 0 spiro atoms. The normalized spacial score (nSPS) is 23.8. The zero-order valence-corrected chi connectivity index (χ0v) is 8.98. The van der Waals surface area contributed by atoms with Gasteiger partial charge >= 0.3 is 6.03 Å². The highest BCUT2D eigenvalue weighted by Gasteiger charge is 2.46. The third kappa shape index (κ3) is 1.30. The van der Waals surface area contributed by atoms with Crippen LogP contribution in [0.5, 0.6) is 0 Å². The Labute approximate surface area is 96.0 Å². The minimum atomic E-state index is -1.17. The lowest BCUT2D eigenvalue weighted by Crippen LogP contribution is -2.40. The summed E-state index contributed by atoms with van der Waals surface area (Å²) in [7, 11) is 0. The van der Waals surface area contributed by atoms with Crippen molar-refractivity contribution >= 4 is 23.0 Å². The molecule has 0 bridgehead atoms. The number of imide groups is 1. The van der Waals surface area contributed by atoms with Gasteiger partial charge in [-0.15, -0.1) is 0 Å². The summed E-state index contributed by atoms with van der Waals surface area (Å²) < 4.78 is 5.49. The average molecular weight is 231 g/mol. The molecular weight excluding hydrogens is 222 g/mol. The van der Waals surface area contributed by atoms with Gasteiger partial charge in [0.25, 0.3) is 5.91 Å². The van der Waals surface area contributed by atoms with Crippen LogP contribution >= 0.6 is 0 Å². The third-order valence-corrected chi connectivity index (χ3v) is 2.83. The molecule has 2 aromatic rings. The van der Waals surface area contributed by atoms with Crippen LogP contribution in [-0.4, -0.2) is 16.9 Å². The number of carbonyl (C=O) groups excluding carboxylic acids is 2. The molecule has 2 aromatic heterocycles. The molecule has 17 heavy (non-hydrogen) atoms. The third-order valence-electron chi connectivity index (χ3n) is 2.83. The molecule has 0 saturated carbocycles. The number of nitrogens with one attached hydrogen (secondary N) is 2. The van der Waals surface area contributed by atoms with E-state index < -0.39 is 17.5 Å². The van der Waals surface area contributed by atoms with Gasteiger partial charge in [-0.3, -0.25) is 10.1 Å². The Kier molecular flexibility index (Phi) is 1.77. The van der Waals surface area contributed by atoms with Crippen LogP contribution in [0.1, 0.15) is 12.7 Å². The number of carbonyl (C=O) groups is 2. The van der Waals surface area contributed by atoms with Crippen LogP contribution in [0.15, 0.2) is 28.8 Å². The number of hydrogen-bond acceptors (Lipinski definition) is 4. The maximum absolute atomic E-state index is 11.7. The van der Waals surface area contributed by atoms with Crippen molar-refractivity contribution in [3.8, 4) is 0 Å². The zero-order valence-electron chi connectivity index (χ0n) is 8.98. The summed E-state index contributed by atoms with van der Waals surface area (Å²) in [6, 6.07) is 4.78. The predicted molar refractivity (Wildman–Crippen MR) is 58.0 cm³/mol. The van der Waals surface area contributed by atoms with Crippen molar-refractivity contribution in [1.82, 2.24) is 15.6 Å². The predicted octanol–water partition coefficient (Wildman–Crippen LogP) is 0.882. The van der Waals surface area contributed by atoms with Gasteiger partial charge in [0.05, 0.1) is 0 Å². The van der Waals surface area contributed by atoms with E-state index in [1.807, 2.05) is 6.07 Å². The first-order valence-electron chi connectivity index (χ1n) is 5.08. The second-order valence-corrected chi connectivity index (χ2v) is 4.04. The molecular formula is C11H9N3O3. The lowest BCUT2D eigenvalue weighted by atomic mass is 9.99. The number of urea groups is 1. The van der Waals surface area contributed by atoms with Crippen molar-refractivity contribution in [3.63, 3.8) is 0 Å². The lowest BCUT2D eigenvalue weighted by molar-refractivity contribution is -0.124. The van der Waals surface area contributed by atoms with Gasteiger partial charge in [-0.1, -0.05) is 0 Å². The van der Waals surface area contributed by atoms with Crippen molar-refractivity contribution in [3.05, 3.63) is 30.2 Å². The zero-order chi connectivity index (χ0) is 12.0. The van der Waals surface area contributed by atoms with Crippen molar-refractivity contribution in [2.24, 2.45) is 0 Å². The summed E-state index contributed by atoms with van der Waals surface area (Å²) in [4.78, 5) is 26.9. The van der Waals surface area contributed by atoms with Gasteiger partial charge in [0.1, 0.15) is 5.76 Å². The maximum atomic E-state index is 11.7. The highest BCUT2D eigenvalue weighted by atomic mass is 16.3. The van der Waals surface area contributed by atoms with E-state index in [1.165, 1.54) is 0 Å². The van der Waals surface area contributed by atoms with E-state index in [4.69, 9.17) is 4.42 Å². The van der Waals surface area contributed by atoms with Crippen LogP contribution < -0.4 is 10.6 Å². The number of pyridine rings is 1. The van der Waals surface area contributed by atoms with Gasteiger partial charge in [-0.25, -0.2) is 9.78 Å². The fourth-order valence-electron chi connectivity index (χ4n) is 1.84. The average Bonchev–Trinajstić information content (AvgIpc) is 2.81. The molecule has 1 aliphatic heterocycles. The van der Waals surface area contributed by atoms with Crippen molar-refractivity contribution in [1.29, 1.82) is 0 Å². The Hall–Kier alpha value is -2.37. The molecule has 1 atom stereocenters. The Morgan fingerprint density at radius 3 is 2.88 bits per heavy atom. The summed E-state index contributed by atoms with van der Waals surface area (Å²) >= 11 is 0. The standard InChI is InChI=1S/C11H9N3O3/c1-11(9(15)13-10(16)14-11)7-5-6-3-2-4-12-8(6)17-7/h2-5H,1H3,(H2,13,14,15,16)/t11-/m0/s1. The molecule has 3 heterocycles. The van der Waals surface area contributed by atoms with Gasteiger partial charge in [0.2, 0.25) is 5.71 Å². The number of rotatable bonds is 1. The van der Waals surface area contributed by atoms with Crippen molar-refractivity contribution < 1.29 is 14.0 Å². The van der Waals surface area contributed by atoms with Crippen LogP contribution in [0.25, 0.3) is 11.1 Å². The molecule has 1 fully saturated rings. The molecule has 0 aromatic carbocycles. The SMILES string of the molecule is C[C@@]1(c2cc3cccnc3o2)NC(=O)NC1=O. The Bertz CT molecular complexity index is 601. The number of fused-ring (bicyclic) bond motifs is 1. The van der Waals surface area contributed by atoms with E-state index in [-0.39, 0.29) is 0 Å². The first-order valence-corrected chi connectivity index (χ1v) is 5.08. The topological polar surface area (TPSA) is 84.2 Å². The van der Waals surface area contributed by atoms with E-state index >= 15 is 0 Å². The van der Waals surface area contributed by atoms with E-state index in [1.54, 1.807) is 25.3 Å². The van der Waals surface area contributed by atoms with Crippen LogP contribution in [0, 0.1) is 0 Å². The first-order chi connectivity index (χ1) is 8.09. The molecule has 3 amide bonds. The Balaban J connectivity index is 2.15. The van der Waals surface area contributed by atoms with Crippen LogP contribution in [0.4, 0.5) is 4.79 Å². The van der Waals surface area contributed by atoms with Gasteiger partial charge < -0.3 is 9.73 Å². The van der Waals surface area contributed by atoms with E-state index in [2.05, 4.69) is 15.6 Å². The Morgan fingerprint density at radius 1 is 1.41 bits per heavy atom. The molecule has 6 nitrogen and oxygen atoms in total. The highest BCUT2D eigenvalue weighted by molar-refractivity contribution is 6.07. The highest BCUT2D eigenvalue weighted by Crippen LogP contribution is 2.29. The quantitative estimate of drug-likeness (QED) is 0.713. The monoisotopic (exact) mass is 231 g/mol. The summed E-state index contributed by atoms with van der Waals surface area (Å²) in [5.41, 5.74) is -0.727. The maximum Gasteiger partial charge on any atom is 0.322 e. The number of amides is 3. The fourth-order valence-corrected chi connectivity index (χ4v) is 1.84. The molecule has 1 aliphatic rings. The van der Waals surface area contributed by atoms with Crippen LogP contribution in [-0.2, 0) is 10.3 Å². The summed E-state index contributed by atoms with van der Waals surface area (Å²) in [6.45, 7) is 1.59. The van der Waals surface area contributed by atoms with E-state index in [9.17, 15) is 9.59 Å². The number of aromatic nitrogens is 1. The molecule has 0 radical (unpaired) electrons. The fraction of sp³-hybridized carbons (Fsp3) is 0.182. The summed E-state index contributed by atoms with van der Waals surface area (Å²) in [5.74, 6) is -0.0592. The van der Waals surface area contributed by atoms with Crippen molar-refractivity contribution in [2.45, 2.75) is 12.5 Å². The van der Waals surface area contributed by atoms with Crippen LogP contribution in [0.3, 0.4) is 0 Å².